The summed E-state index contributed by atoms with van der Waals surface area (Å²) in [7, 11) is 0. The van der Waals surface area contributed by atoms with E-state index in [0.717, 1.165) is 5.56 Å². The van der Waals surface area contributed by atoms with Crippen molar-refractivity contribution in [2.45, 2.75) is 50.5 Å². The van der Waals surface area contributed by atoms with Gasteiger partial charge in [0.05, 0.1) is 12.6 Å². The van der Waals surface area contributed by atoms with E-state index in [9.17, 15) is 5.11 Å². The molecule has 0 aliphatic carbocycles. The molecule has 5 heteroatoms. The Hall–Kier alpha value is -1.40. The predicted octanol–water partition coefficient (Wildman–Crippen LogP) is 1.57. The Labute approximate surface area is 130 Å². The molecular weight excluding hydrogens is 282 g/mol. The van der Waals surface area contributed by atoms with Gasteiger partial charge in [0, 0.05) is 6.54 Å². The molecule has 0 radical (unpaired) electrons. The second-order valence-corrected chi connectivity index (χ2v) is 6.25. The quantitative estimate of drug-likeness (QED) is 0.884. The van der Waals surface area contributed by atoms with Gasteiger partial charge in [-0.1, -0.05) is 36.9 Å². The molecule has 0 spiro atoms. The lowest BCUT2D eigenvalue weighted by Crippen LogP contribution is -2.45. The summed E-state index contributed by atoms with van der Waals surface area (Å²) in [6, 6.07) is 9.71. The molecule has 2 aliphatic heterocycles. The SMILES string of the molecule is C=C1O[C@H]([C@H]2COC(C)(C)O2)[C@H](O)[C@H]1NCc1ccccc1. The van der Waals surface area contributed by atoms with Crippen molar-refractivity contribution in [2.24, 2.45) is 0 Å². The molecular formula is C17H23NO4. The first-order chi connectivity index (χ1) is 10.5. The molecule has 3 rings (SSSR count). The Morgan fingerprint density at radius 1 is 1.32 bits per heavy atom. The van der Waals surface area contributed by atoms with E-state index < -0.39 is 18.0 Å². The second kappa shape index (κ2) is 6.01. The molecule has 22 heavy (non-hydrogen) atoms. The minimum absolute atomic E-state index is 0.287. The van der Waals surface area contributed by atoms with E-state index in [2.05, 4.69) is 11.9 Å². The molecule has 0 saturated carbocycles. The average Bonchev–Trinajstić information content (AvgIpc) is 2.98. The molecule has 2 heterocycles. The number of hydrogen-bond donors (Lipinski definition) is 2. The van der Waals surface area contributed by atoms with E-state index >= 15 is 0 Å². The van der Waals surface area contributed by atoms with Crippen LogP contribution < -0.4 is 5.32 Å². The van der Waals surface area contributed by atoms with E-state index in [0.29, 0.717) is 18.9 Å². The van der Waals surface area contributed by atoms with Crippen LogP contribution in [0.3, 0.4) is 0 Å². The van der Waals surface area contributed by atoms with Crippen molar-refractivity contribution in [3.63, 3.8) is 0 Å². The first-order valence-electron chi connectivity index (χ1n) is 7.59. The number of benzene rings is 1. The van der Waals surface area contributed by atoms with Gasteiger partial charge in [-0.05, 0) is 19.4 Å². The van der Waals surface area contributed by atoms with E-state index in [4.69, 9.17) is 14.2 Å². The van der Waals surface area contributed by atoms with Crippen LogP contribution in [0.15, 0.2) is 42.7 Å². The van der Waals surface area contributed by atoms with E-state index in [1.807, 2.05) is 44.2 Å². The fourth-order valence-electron chi connectivity index (χ4n) is 2.93. The monoisotopic (exact) mass is 305 g/mol. The van der Waals surface area contributed by atoms with Crippen molar-refractivity contribution in [2.75, 3.05) is 6.61 Å². The zero-order valence-electron chi connectivity index (χ0n) is 13.0. The Balaban J connectivity index is 1.61. The zero-order valence-corrected chi connectivity index (χ0v) is 13.0. The van der Waals surface area contributed by atoms with Crippen molar-refractivity contribution in [1.29, 1.82) is 0 Å². The number of rotatable bonds is 4. The van der Waals surface area contributed by atoms with Crippen LogP contribution in [-0.2, 0) is 20.8 Å². The van der Waals surface area contributed by atoms with Gasteiger partial charge in [-0.15, -0.1) is 0 Å². The molecule has 0 bridgehead atoms. The summed E-state index contributed by atoms with van der Waals surface area (Å²) in [5.41, 5.74) is 1.15. The fourth-order valence-corrected chi connectivity index (χ4v) is 2.93. The lowest BCUT2D eigenvalue weighted by atomic mass is 10.0. The van der Waals surface area contributed by atoms with Gasteiger partial charge in [0.1, 0.15) is 18.0 Å². The van der Waals surface area contributed by atoms with Gasteiger partial charge in [0.15, 0.2) is 11.9 Å². The number of aliphatic hydroxyl groups is 1. The van der Waals surface area contributed by atoms with Crippen LogP contribution in [0.25, 0.3) is 0 Å². The maximum Gasteiger partial charge on any atom is 0.163 e. The molecule has 1 aromatic carbocycles. The third kappa shape index (κ3) is 3.17. The van der Waals surface area contributed by atoms with Crippen LogP contribution in [0.1, 0.15) is 19.4 Å². The Bertz CT molecular complexity index is 531. The van der Waals surface area contributed by atoms with Crippen molar-refractivity contribution in [3.05, 3.63) is 48.2 Å². The summed E-state index contributed by atoms with van der Waals surface area (Å²) in [4.78, 5) is 0. The molecule has 0 amide bonds. The Kier molecular flexibility index (Phi) is 4.23. The Morgan fingerprint density at radius 3 is 2.68 bits per heavy atom. The highest BCUT2D eigenvalue weighted by Crippen LogP contribution is 2.33. The smallest absolute Gasteiger partial charge is 0.163 e. The first-order valence-corrected chi connectivity index (χ1v) is 7.59. The van der Waals surface area contributed by atoms with Crippen LogP contribution in [0.2, 0.25) is 0 Å². The van der Waals surface area contributed by atoms with Gasteiger partial charge in [-0.25, -0.2) is 0 Å². The summed E-state index contributed by atoms with van der Waals surface area (Å²) >= 11 is 0. The molecule has 0 aromatic heterocycles. The molecule has 5 nitrogen and oxygen atoms in total. The molecule has 2 fully saturated rings. The zero-order chi connectivity index (χ0) is 15.7. The van der Waals surface area contributed by atoms with Crippen LogP contribution in [-0.4, -0.2) is 41.9 Å². The summed E-state index contributed by atoms with van der Waals surface area (Å²) in [6.45, 7) is 8.68. The van der Waals surface area contributed by atoms with Gasteiger partial charge in [-0.3, -0.25) is 0 Å². The highest BCUT2D eigenvalue weighted by Gasteiger charge is 2.48. The van der Waals surface area contributed by atoms with Crippen LogP contribution in [0, 0.1) is 0 Å². The number of nitrogens with one attached hydrogen (secondary N) is 1. The maximum absolute atomic E-state index is 10.5. The highest BCUT2D eigenvalue weighted by molar-refractivity contribution is 5.17. The fraction of sp³-hybridized carbons (Fsp3) is 0.529. The summed E-state index contributed by atoms with van der Waals surface area (Å²) in [6.07, 6.45) is -1.45. The summed E-state index contributed by atoms with van der Waals surface area (Å²) < 4.78 is 17.1. The third-order valence-electron chi connectivity index (χ3n) is 4.08. The lowest BCUT2D eigenvalue weighted by molar-refractivity contribution is -0.156. The predicted molar refractivity (Wildman–Crippen MR) is 82.0 cm³/mol. The Morgan fingerprint density at radius 2 is 2.05 bits per heavy atom. The summed E-state index contributed by atoms with van der Waals surface area (Å²) in [5, 5.41) is 13.8. The van der Waals surface area contributed by atoms with Crippen LogP contribution in [0.5, 0.6) is 0 Å². The summed E-state index contributed by atoms with van der Waals surface area (Å²) in [5.74, 6) is -0.0910. The van der Waals surface area contributed by atoms with Gasteiger partial charge < -0.3 is 24.6 Å². The van der Waals surface area contributed by atoms with E-state index in [1.165, 1.54) is 0 Å². The second-order valence-electron chi connectivity index (χ2n) is 6.25. The maximum atomic E-state index is 10.5. The van der Waals surface area contributed by atoms with Gasteiger partial charge in [-0.2, -0.15) is 0 Å². The number of hydrogen-bond acceptors (Lipinski definition) is 5. The standard InChI is InChI=1S/C17H23NO4/c1-11-14(18-9-12-7-5-4-6-8-12)15(19)16(21-11)13-10-20-17(2,3)22-13/h4-8,13-16,18-19H,1,9-10H2,2-3H3/t13-,14+,15-,16-/m1/s1. The van der Waals surface area contributed by atoms with Gasteiger partial charge in [0.25, 0.3) is 0 Å². The van der Waals surface area contributed by atoms with Crippen molar-refractivity contribution in [3.8, 4) is 0 Å². The third-order valence-corrected chi connectivity index (χ3v) is 4.08. The molecule has 0 unspecified atom stereocenters. The number of aliphatic hydroxyl groups excluding tert-OH is 1. The molecule has 2 saturated heterocycles. The van der Waals surface area contributed by atoms with E-state index in [-0.39, 0.29) is 12.1 Å². The van der Waals surface area contributed by atoms with Gasteiger partial charge >= 0.3 is 0 Å². The van der Waals surface area contributed by atoms with E-state index in [1.54, 1.807) is 0 Å². The first kappa shape index (κ1) is 15.5. The molecule has 4 atom stereocenters. The van der Waals surface area contributed by atoms with Crippen molar-refractivity contribution in [1.82, 2.24) is 5.32 Å². The highest BCUT2D eigenvalue weighted by atomic mass is 16.8. The van der Waals surface area contributed by atoms with Crippen molar-refractivity contribution < 1.29 is 19.3 Å². The topological polar surface area (TPSA) is 60.0 Å². The lowest BCUT2D eigenvalue weighted by Gasteiger charge is -2.23. The number of ether oxygens (including phenoxy) is 3. The molecule has 2 N–H and O–H groups in total. The average molecular weight is 305 g/mol. The molecule has 1 aromatic rings. The molecule has 120 valence electrons. The normalized spacial score (nSPS) is 33.9. The van der Waals surface area contributed by atoms with Crippen molar-refractivity contribution >= 4 is 0 Å². The minimum atomic E-state index is -0.710. The minimum Gasteiger partial charge on any atom is -0.488 e. The largest absolute Gasteiger partial charge is 0.488 e. The van der Waals surface area contributed by atoms with Crippen LogP contribution >= 0.6 is 0 Å². The van der Waals surface area contributed by atoms with Crippen LogP contribution in [0.4, 0.5) is 0 Å². The van der Waals surface area contributed by atoms with Gasteiger partial charge in [0.2, 0.25) is 0 Å². The molecule has 2 aliphatic rings.